The molecule has 4 heterocycles. The fourth-order valence-corrected chi connectivity index (χ4v) is 5.74. The third-order valence-corrected chi connectivity index (χ3v) is 7.99. The van der Waals surface area contributed by atoms with Crippen molar-refractivity contribution in [1.29, 1.82) is 0 Å². The Morgan fingerprint density at radius 3 is 2.67 bits per heavy atom. The number of hydrogen-bond donors (Lipinski definition) is 1. The number of nitrogens with two attached hydrogens (primary N) is 1. The second-order valence-corrected chi connectivity index (χ2v) is 9.95. The van der Waals surface area contributed by atoms with E-state index in [0.29, 0.717) is 51.9 Å². The van der Waals surface area contributed by atoms with Crippen LogP contribution in [0.25, 0.3) is 5.70 Å². The van der Waals surface area contributed by atoms with Crippen LogP contribution in [0.4, 0.5) is 5.82 Å². The summed E-state index contributed by atoms with van der Waals surface area (Å²) in [6.45, 7) is 7.07. The maximum absolute atomic E-state index is 13.5. The molecular formula is C24H27Cl2N5O2. The lowest BCUT2D eigenvalue weighted by Crippen LogP contribution is -2.52. The molecule has 2 atom stereocenters. The van der Waals surface area contributed by atoms with Gasteiger partial charge in [0.15, 0.2) is 0 Å². The topological polar surface area (TPSA) is 86.3 Å². The second kappa shape index (κ2) is 8.15. The molecule has 2 aromatic rings. The quantitative estimate of drug-likeness (QED) is 0.680. The van der Waals surface area contributed by atoms with Crippen molar-refractivity contribution in [3.63, 3.8) is 0 Å². The maximum atomic E-state index is 13.5. The van der Waals surface area contributed by atoms with Crippen molar-refractivity contribution in [1.82, 2.24) is 14.5 Å². The second-order valence-electron chi connectivity index (χ2n) is 9.17. The average Bonchev–Trinajstić information content (AvgIpc) is 3.08. The molecule has 2 aliphatic heterocycles. The number of aromatic nitrogens is 3. The van der Waals surface area contributed by atoms with Crippen LogP contribution < -0.4 is 20.9 Å². The van der Waals surface area contributed by atoms with Gasteiger partial charge in [0.1, 0.15) is 17.2 Å². The van der Waals surface area contributed by atoms with Crippen molar-refractivity contribution in [3.8, 4) is 5.88 Å². The van der Waals surface area contributed by atoms with E-state index in [9.17, 15) is 4.79 Å². The summed E-state index contributed by atoms with van der Waals surface area (Å²) in [4.78, 5) is 24.8. The predicted octanol–water partition coefficient (Wildman–Crippen LogP) is 4.26. The highest BCUT2D eigenvalue weighted by atomic mass is 35.5. The smallest absolute Gasteiger partial charge is 0.262 e. The molecule has 0 bridgehead atoms. The molecule has 3 aliphatic rings. The van der Waals surface area contributed by atoms with Gasteiger partial charge in [-0.2, -0.15) is 0 Å². The molecule has 1 fully saturated rings. The highest BCUT2D eigenvalue weighted by Gasteiger charge is 2.49. The zero-order valence-corrected chi connectivity index (χ0v) is 20.5. The van der Waals surface area contributed by atoms with Crippen molar-refractivity contribution < 1.29 is 4.74 Å². The van der Waals surface area contributed by atoms with Crippen LogP contribution in [0.3, 0.4) is 0 Å². The van der Waals surface area contributed by atoms with Gasteiger partial charge in [0, 0.05) is 43.6 Å². The number of nitrogens with zero attached hydrogens (tertiary/aromatic N) is 4. The molecule has 1 saturated heterocycles. The van der Waals surface area contributed by atoms with Gasteiger partial charge in [0.25, 0.3) is 5.56 Å². The number of pyridine rings is 1. The Kier molecular flexibility index (Phi) is 5.54. The average molecular weight is 488 g/mol. The molecule has 33 heavy (non-hydrogen) atoms. The molecule has 0 aromatic carbocycles. The van der Waals surface area contributed by atoms with Crippen molar-refractivity contribution in [3.05, 3.63) is 61.8 Å². The van der Waals surface area contributed by atoms with E-state index < -0.39 is 5.60 Å². The Balaban J connectivity index is 1.44. The number of anilines is 1. The molecule has 7 nitrogen and oxygen atoms in total. The number of piperidine rings is 1. The predicted molar refractivity (Wildman–Crippen MR) is 131 cm³/mol. The number of rotatable bonds is 2. The van der Waals surface area contributed by atoms with Gasteiger partial charge in [0.05, 0.1) is 27.4 Å². The fraction of sp³-hybridized carbons (Fsp3) is 0.458. The van der Waals surface area contributed by atoms with Gasteiger partial charge < -0.3 is 15.4 Å². The number of hydrogen-bond acceptors (Lipinski definition) is 6. The molecule has 1 aliphatic carbocycles. The Bertz CT molecular complexity index is 1240. The molecule has 0 amide bonds. The molecular weight excluding hydrogens is 461 g/mol. The minimum atomic E-state index is -0.468. The summed E-state index contributed by atoms with van der Waals surface area (Å²) < 4.78 is 7.87. The first kappa shape index (κ1) is 22.4. The van der Waals surface area contributed by atoms with E-state index >= 15 is 0 Å². The molecule has 0 saturated carbocycles. The molecule has 1 unspecified atom stereocenters. The molecule has 174 valence electrons. The number of ether oxygens (including phenoxy) is 1. The normalized spacial score (nSPS) is 24.1. The van der Waals surface area contributed by atoms with E-state index in [1.54, 1.807) is 10.8 Å². The zero-order valence-electron chi connectivity index (χ0n) is 18.9. The SMILES string of the molecule is Cc1c(N2CCC3(CC2)Oc2ncccc2[C@@H]3N)nc(C)n(C2=C(Cl)C(Cl)=CCC2C)c1=O. The summed E-state index contributed by atoms with van der Waals surface area (Å²) in [5, 5.41) is 0.887. The van der Waals surface area contributed by atoms with Crippen LogP contribution in [0, 0.1) is 19.8 Å². The van der Waals surface area contributed by atoms with Crippen molar-refractivity contribution in [2.24, 2.45) is 11.7 Å². The third-order valence-electron chi connectivity index (χ3n) is 7.16. The minimum Gasteiger partial charge on any atom is -0.469 e. The first-order valence-electron chi connectivity index (χ1n) is 11.2. The van der Waals surface area contributed by atoms with Gasteiger partial charge >= 0.3 is 0 Å². The molecule has 5 rings (SSSR count). The fourth-order valence-electron chi connectivity index (χ4n) is 5.20. The lowest BCUT2D eigenvalue weighted by Gasteiger charge is -2.41. The van der Waals surface area contributed by atoms with E-state index in [0.717, 1.165) is 24.8 Å². The summed E-state index contributed by atoms with van der Waals surface area (Å²) in [5.74, 6) is 1.99. The van der Waals surface area contributed by atoms with Gasteiger partial charge in [-0.05, 0) is 26.3 Å². The standard InChI is InChI=1S/C24H27Cl2N5O2/c1-13-6-7-17(25)18(26)19(13)31-15(3)29-21(14(2)23(31)32)30-11-8-24(9-12-30)20(27)16-5-4-10-28-22(16)33-24/h4-5,7,10,13,20H,6,8-9,11-12,27H2,1-3H3/t13?,20-/m0/s1. The minimum absolute atomic E-state index is 0.0644. The summed E-state index contributed by atoms with van der Waals surface area (Å²) >= 11 is 12.8. The highest BCUT2D eigenvalue weighted by molar-refractivity contribution is 6.45. The van der Waals surface area contributed by atoms with Crippen molar-refractivity contribution >= 4 is 34.7 Å². The largest absolute Gasteiger partial charge is 0.469 e. The summed E-state index contributed by atoms with van der Waals surface area (Å²) in [7, 11) is 0. The molecule has 1 spiro atoms. The molecule has 9 heteroatoms. The molecule has 0 radical (unpaired) electrons. The number of fused-ring (bicyclic) bond motifs is 1. The number of allylic oxidation sites excluding steroid dienone is 4. The van der Waals surface area contributed by atoms with Gasteiger partial charge in [-0.1, -0.05) is 42.3 Å². The van der Waals surface area contributed by atoms with Crippen LogP contribution in [0.15, 0.2) is 39.3 Å². The van der Waals surface area contributed by atoms with E-state index in [4.69, 9.17) is 38.7 Å². The van der Waals surface area contributed by atoms with Crippen LogP contribution in [-0.2, 0) is 0 Å². The Morgan fingerprint density at radius 2 is 1.97 bits per heavy atom. The molecule has 2 aromatic heterocycles. The lowest BCUT2D eigenvalue weighted by atomic mass is 9.83. The van der Waals surface area contributed by atoms with E-state index in [1.807, 2.05) is 39.0 Å². The summed E-state index contributed by atoms with van der Waals surface area (Å²) in [6, 6.07) is 3.65. The number of aryl methyl sites for hydroxylation is 1. The monoisotopic (exact) mass is 487 g/mol. The number of halogens is 2. The van der Waals surface area contributed by atoms with Crippen LogP contribution in [0.1, 0.15) is 49.2 Å². The maximum Gasteiger partial charge on any atom is 0.262 e. The first-order chi connectivity index (χ1) is 15.7. The summed E-state index contributed by atoms with van der Waals surface area (Å²) in [6.07, 6.45) is 5.79. The zero-order chi connectivity index (χ0) is 23.5. The van der Waals surface area contributed by atoms with Crippen LogP contribution in [0.5, 0.6) is 5.88 Å². The highest BCUT2D eigenvalue weighted by Crippen LogP contribution is 2.46. The Labute approximate surface area is 202 Å². The van der Waals surface area contributed by atoms with Crippen LogP contribution in [0.2, 0.25) is 0 Å². The Morgan fingerprint density at radius 1 is 1.24 bits per heavy atom. The molecule has 2 N–H and O–H groups in total. The van der Waals surface area contributed by atoms with Gasteiger partial charge in [-0.15, -0.1) is 0 Å². The van der Waals surface area contributed by atoms with E-state index in [-0.39, 0.29) is 17.5 Å². The third kappa shape index (κ3) is 3.49. The van der Waals surface area contributed by atoms with E-state index in [2.05, 4.69) is 9.88 Å². The van der Waals surface area contributed by atoms with Crippen molar-refractivity contribution in [2.45, 2.75) is 51.7 Å². The Hall–Kier alpha value is -2.35. The van der Waals surface area contributed by atoms with Gasteiger partial charge in [-0.3, -0.25) is 9.36 Å². The van der Waals surface area contributed by atoms with Crippen molar-refractivity contribution in [2.75, 3.05) is 18.0 Å². The lowest BCUT2D eigenvalue weighted by molar-refractivity contribution is 0.0397. The first-order valence-corrected chi connectivity index (χ1v) is 12.0. The van der Waals surface area contributed by atoms with E-state index in [1.165, 1.54) is 0 Å². The van der Waals surface area contributed by atoms with Gasteiger partial charge in [0.2, 0.25) is 5.88 Å². The van der Waals surface area contributed by atoms with Gasteiger partial charge in [-0.25, -0.2) is 9.97 Å². The van der Waals surface area contributed by atoms with Crippen LogP contribution >= 0.6 is 23.2 Å². The summed E-state index contributed by atoms with van der Waals surface area (Å²) in [5.41, 5.74) is 8.25. The van der Waals surface area contributed by atoms with Crippen LogP contribution in [-0.4, -0.2) is 33.2 Å².